The lowest BCUT2D eigenvalue weighted by Crippen LogP contribution is -2.48. The summed E-state index contributed by atoms with van der Waals surface area (Å²) in [6.07, 6.45) is 0. The molecule has 0 aliphatic heterocycles. The van der Waals surface area contributed by atoms with Gasteiger partial charge in [0.1, 0.15) is 0 Å². The minimum Gasteiger partial charge on any atom is -0.117 e. The summed E-state index contributed by atoms with van der Waals surface area (Å²) in [7, 11) is -0.354. The molecule has 66 valence electrons. The molecule has 0 aliphatic rings. The lowest BCUT2D eigenvalue weighted by Gasteiger charge is -2.30. The SMILES string of the molecule is CP=C([Si](C)(C)C)[Si](C)(C)C. The van der Waals surface area contributed by atoms with Crippen LogP contribution in [0.3, 0.4) is 0 Å². The molecule has 3 heteroatoms. The second-order valence-corrected chi connectivity index (χ2v) is 17.3. The number of rotatable bonds is 2. The van der Waals surface area contributed by atoms with Crippen molar-refractivity contribution >= 4 is 28.9 Å². The van der Waals surface area contributed by atoms with Crippen LogP contribution >= 0.6 is 8.20 Å². The second kappa shape index (κ2) is 3.55. The molecule has 11 heavy (non-hydrogen) atoms. The number of hydrogen-bond acceptors (Lipinski definition) is 0. The summed E-state index contributed by atoms with van der Waals surface area (Å²) < 4.78 is 1.91. The molecule has 0 saturated carbocycles. The summed E-state index contributed by atoms with van der Waals surface area (Å²) >= 11 is 0. The van der Waals surface area contributed by atoms with Crippen molar-refractivity contribution in [3.8, 4) is 0 Å². The molecule has 0 amide bonds. The Balaban J connectivity index is 4.74. The van der Waals surface area contributed by atoms with E-state index in [0.717, 1.165) is 0 Å². The van der Waals surface area contributed by atoms with Gasteiger partial charge in [0.25, 0.3) is 0 Å². The van der Waals surface area contributed by atoms with E-state index in [1.54, 1.807) is 8.20 Å². The minimum absolute atomic E-state index is 0.956. The zero-order chi connectivity index (χ0) is 9.28. The molecule has 0 radical (unpaired) electrons. The first-order chi connectivity index (χ1) is 4.69. The van der Waals surface area contributed by atoms with Gasteiger partial charge in [-0.2, -0.15) is 0 Å². The second-order valence-electron chi connectivity index (χ2n) is 5.07. The fraction of sp³-hybridized carbons (Fsp3) is 0.875. The Morgan fingerprint density at radius 2 is 1.09 bits per heavy atom. The van der Waals surface area contributed by atoms with E-state index in [9.17, 15) is 0 Å². The topological polar surface area (TPSA) is 0 Å². The molecule has 0 rings (SSSR count). The average Bonchev–Trinajstić information content (AvgIpc) is 1.56. The maximum absolute atomic E-state index is 2.47. The standard InChI is InChI=1S/C8H21PSi2/c1-9-8(10(2,3)4)11(5,6)7/h1-7H3. The first kappa shape index (κ1) is 11.6. The zero-order valence-electron chi connectivity index (χ0n) is 8.95. The fourth-order valence-electron chi connectivity index (χ4n) is 1.80. The van der Waals surface area contributed by atoms with Gasteiger partial charge in [0, 0.05) is 0 Å². The van der Waals surface area contributed by atoms with E-state index in [0.29, 0.717) is 0 Å². The van der Waals surface area contributed by atoms with Gasteiger partial charge >= 0.3 is 0 Å². The van der Waals surface area contributed by atoms with Gasteiger partial charge in [-0.1, -0.05) is 43.8 Å². The third-order valence-corrected chi connectivity index (χ3v) is 14.8. The van der Waals surface area contributed by atoms with Crippen LogP contribution in [-0.2, 0) is 0 Å². The summed E-state index contributed by atoms with van der Waals surface area (Å²) in [5, 5.41) is 0. The van der Waals surface area contributed by atoms with Gasteiger partial charge in [-0.3, -0.25) is 0 Å². The molecule has 0 spiro atoms. The highest BCUT2D eigenvalue weighted by Crippen LogP contribution is 2.19. The van der Waals surface area contributed by atoms with Crippen LogP contribution in [0.15, 0.2) is 0 Å². The molecule has 0 fully saturated rings. The van der Waals surface area contributed by atoms with Gasteiger partial charge in [-0.25, -0.2) is 0 Å². The molecule has 0 atom stereocenters. The maximum Gasteiger partial charge on any atom is 0.0730 e. The van der Waals surface area contributed by atoms with Gasteiger partial charge in [0.05, 0.1) is 16.1 Å². The normalized spacial score (nSPS) is 13.7. The quantitative estimate of drug-likeness (QED) is 0.477. The van der Waals surface area contributed by atoms with E-state index < -0.39 is 16.1 Å². The van der Waals surface area contributed by atoms with E-state index in [-0.39, 0.29) is 0 Å². The average molecular weight is 204 g/mol. The van der Waals surface area contributed by atoms with E-state index in [2.05, 4.69) is 45.9 Å². The lowest BCUT2D eigenvalue weighted by molar-refractivity contribution is 1.79. The van der Waals surface area contributed by atoms with Crippen LogP contribution in [0.5, 0.6) is 0 Å². The Kier molecular flexibility index (Phi) is 3.74. The summed E-state index contributed by atoms with van der Waals surface area (Å²) in [4.78, 5) is 0. The fourth-order valence-corrected chi connectivity index (χ4v) is 16.2. The van der Waals surface area contributed by atoms with Crippen LogP contribution in [-0.4, -0.2) is 27.4 Å². The van der Waals surface area contributed by atoms with Crippen molar-refractivity contribution < 1.29 is 0 Å². The van der Waals surface area contributed by atoms with Crippen LogP contribution in [0.2, 0.25) is 39.3 Å². The first-order valence-electron chi connectivity index (χ1n) is 4.17. The van der Waals surface area contributed by atoms with Gasteiger partial charge in [0.15, 0.2) is 0 Å². The summed E-state index contributed by atoms with van der Waals surface area (Å²) in [5.41, 5.74) is 0. The maximum atomic E-state index is 2.47. The molecule has 0 saturated heterocycles. The summed E-state index contributed by atoms with van der Waals surface area (Å²) in [6, 6.07) is 0. The van der Waals surface area contributed by atoms with Crippen molar-refractivity contribution in [1.29, 1.82) is 0 Å². The largest absolute Gasteiger partial charge is 0.117 e. The van der Waals surface area contributed by atoms with Crippen molar-refractivity contribution in [3.63, 3.8) is 0 Å². The van der Waals surface area contributed by atoms with Crippen molar-refractivity contribution in [3.05, 3.63) is 0 Å². The number of hydrogen-bond donors (Lipinski definition) is 0. The van der Waals surface area contributed by atoms with Crippen LogP contribution in [0.1, 0.15) is 0 Å². The van der Waals surface area contributed by atoms with E-state index >= 15 is 0 Å². The molecule has 0 aromatic rings. The molecule has 0 aromatic carbocycles. The molecule has 0 bridgehead atoms. The highest BCUT2D eigenvalue weighted by atomic mass is 31.1. The van der Waals surface area contributed by atoms with E-state index in [1.807, 2.05) is 4.54 Å². The smallest absolute Gasteiger partial charge is 0.0730 e. The van der Waals surface area contributed by atoms with Crippen molar-refractivity contribution in [1.82, 2.24) is 0 Å². The minimum atomic E-state index is -0.956. The van der Waals surface area contributed by atoms with E-state index in [1.165, 1.54) is 0 Å². The van der Waals surface area contributed by atoms with Gasteiger partial charge in [-0.15, -0.1) is 8.20 Å². The molecule has 0 heterocycles. The van der Waals surface area contributed by atoms with Crippen molar-refractivity contribution in [2.75, 3.05) is 6.66 Å². The molecule has 0 N–H and O–H groups in total. The molecule has 0 unspecified atom stereocenters. The van der Waals surface area contributed by atoms with Crippen LogP contribution < -0.4 is 0 Å². The molecule has 0 aliphatic carbocycles. The van der Waals surface area contributed by atoms with Crippen LogP contribution in [0.25, 0.3) is 0 Å². The van der Waals surface area contributed by atoms with Gasteiger partial charge < -0.3 is 0 Å². The van der Waals surface area contributed by atoms with Gasteiger partial charge in [0.2, 0.25) is 0 Å². The first-order valence-corrected chi connectivity index (χ1v) is 12.5. The Morgan fingerprint density at radius 1 is 0.818 bits per heavy atom. The Morgan fingerprint density at radius 3 is 1.09 bits per heavy atom. The highest BCUT2D eigenvalue weighted by molar-refractivity contribution is 7.62. The summed E-state index contributed by atoms with van der Waals surface area (Å²) in [6.45, 7) is 17.1. The Labute approximate surface area is 75.2 Å². The monoisotopic (exact) mass is 204 g/mol. The molecular weight excluding hydrogens is 183 g/mol. The summed E-state index contributed by atoms with van der Waals surface area (Å²) in [5.74, 6) is 0. The molecule has 0 nitrogen and oxygen atoms in total. The van der Waals surface area contributed by atoms with Crippen LogP contribution in [0.4, 0.5) is 0 Å². The molecule has 0 aromatic heterocycles. The third-order valence-electron chi connectivity index (χ3n) is 1.64. The third kappa shape index (κ3) is 3.68. The van der Waals surface area contributed by atoms with Gasteiger partial charge in [-0.05, 0) is 6.66 Å². The predicted octanol–water partition coefficient (Wildman–Crippen LogP) is 3.49. The lowest BCUT2D eigenvalue weighted by atomic mass is 11.7. The zero-order valence-corrected chi connectivity index (χ0v) is 11.8. The Hall–Kier alpha value is 0.604. The van der Waals surface area contributed by atoms with Crippen molar-refractivity contribution in [2.24, 2.45) is 0 Å². The highest BCUT2D eigenvalue weighted by Gasteiger charge is 2.30. The Bertz CT molecular complexity index is 144. The predicted molar refractivity (Wildman–Crippen MR) is 64.5 cm³/mol. The van der Waals surface area contributed by atoms with Crippen molar-refractivity contribution in [2.45, 2.75) is 39.3 Å². The van der Waals surface area contributed by atoms with Crippen LogP contribution in [0, 0.1) is 0 Å². The molecular formula is C8H21PSi2. The van der Waals surface area contributed by atoms with E-state index in [4.69, 9.17) is 0 Å².